The fourth-order valence-electron chi connectivity index (χ4n) is 2.48. The third-order valence-electron chi connectivity index (χ3n) is 3.65. The van der Waals surface area contributed by atoms with E-state index in [1.54, 1.807) is 46.5 Å². The van der Waals surface area contributed by atoms with Gasteiger partial charge in [0, 0.05) is 12.0 Å². The van der Waals surface area contributed by atoms with Crippen molar-refractivity contribution in [2.75, 3.05) is 28.4 Å². The highest BCUT2D eigenvalue weighted by Gasteiger charge is 2.20. The number of rotatable bonds is 7. The molecule has 2 aromatic carbocycles. The maximum atomic E-state index is 11.2. The van der Waals surface area contributed by atoms with Crippen LogP contribution in [0.15, 0.2) is 23.4 Å². The maximum absolute atomic E-state index is 11.2. The monoisotopic (exact) mass is 347 g/mol. The summed E-state index contributed by atoms with van der Waals surface area (Å²) in [6.45, 7) is 1.69. The van der Waals surface area contributed by atoms with Crippen LogP contribution in [0.25, 0.3) is 10.8 Å². The molecule has 0 saturated carbocycles. The van der Waals surface area contributed by atoms with Gasteiger partial charge in [0.25, 0.3) is 0 Å². The predicted octanol–water partition coefficient (Wildman–Crippen LogP) is 3.16. The second kappa shape index (κ2) is 8.23. The van der Waals surface area contributed by atoms with Crippen LogP contribution in [0.5, 0.6) is 23.0 Å². The minimum atomic E-state index is -0.428. The van der Waals surface area contributed by atoms with Crippen LogP contribution in [0, 0.1) is 0 Å². The molecule has 0 N–H and O–H groups in total. The number of methoxy groups -OCH3 is 4. The number of nitrogens with zero attached hydrogens (tertiary/aromatic N) is 1. The first kappa shape index (κ1) is 18.4. The molecule has 7 heteroatoms. The molecule has 0 fully saturated rings. The molecule has 0 spiro atoms. The summed E-state index contributed by atoms with van der Waals surface area (Å²) < 4.78 is 22.0. The molecule has 25 heavy (non-hydrogen) atoms. The molecule has 0 saturated heterocycles. The van der Waals surface area contributed by atoms with Crippen LogP contribution >= 0.6 is 0 Å². The molecule has 0 bridgehead atoms. The lowest BCUT2D eigenvalue weighted by Gasteiger charge is -2.17. The van der Waals surface area contributed by atoms with Gasteiger partial charge in [-0.3, -0.25) is 0 Å². The first-order chi connectivity index (χ1) is 12.1. The zero-order chi connectivity index (χ0) is 18.4. The summed E-state index contributed by atoms with van der Waals surface area (Å²) in [4.78, 5) is 16.0. The lowest BCUT2D eigenvalue weighted by molar-refractivity contribution is -0.143. The number of hydrogen-bond donors (Lipinski definition) is 0. The lowest BCUT2D eigenvalue weighted by atomic mass is 10.0. The van der Waals surface area contributed by atoms with Crippen molar-refractivity contribution >= 4 is 23.0 Å². The van der Waals surface area contributed by atoms with Crippen molar-refractivity contribution in [1.82, 2.24) is 0 Å². The lowest BCUT2D eigenvalue weighted by Crippen LogP contribution is -2.00. The first-order valence-electron chi connectivity index (χ1n) is 7.64. The average molecular weight is 347 g/mol. The minimum Gasteiger partial charge on any atom is -0.496 e. The van der Waals surface area contributed by atoms with Crippen LogP contribution in [0.2, 0.25) is 0 Å². The third-order valence-corrected chi connectivity index (χ3v) is 3.65. The summed E-state index contributed by atoms with van der Waals surface area (Å²) in [5.74, 6) is 1.83. The standard InChI is InChI=1S/C18H21NO6/c1-6-15(20)25-19-10-11-9-14(23-4)16-12(21-2)7-8-13(22-3)17(16)18(11)24-5/h7-10H,6H2,1-5H3. The van der Waals surface area contributed by atoms with Gasteiger partial charge in [0.1, 0.15) is 23.0 Å². The average Bonchev–Trinajstić information content (AvgIpc) is 2.65. The summed E-state index contributed by atoms with van der Waals surface area (Å²) in [7, 11) is 6.23. The largest absolute Gasteiger partial charge is 0.496 e. The Labute approximate surface area is 146 Å². The quantitative estimate of drug-likeness (QED) is 0.435. The number of hydrogen-bond acceptors (Lipinski definition) is 7. The molecule has 0 unspecified atom stereocenters. The van der Waals surface area contributed by atoms with E-state index in [1.165, 1.54) is 13.3 Å². The number of carbonyl (C=O) groups excluding carboxylic acids is 1. The summed E-state index contributed by atoms with van der Waals surface area (Å²) in [5.41, 5.74) is 0.572. The predicted molar refractivity (Wildman–Crippen MR) is 94.1 cm³/mol. The number of ether oxygens (including phenoxy) is 4. The van der Waals surface area contributed by atoms with Crippen LogP contribution in [0.3, 0.4) is 0 Å². The van der Waals surface area contributed by atoms with E-state index in [9.17, 15) is 4.79 Å². The van der Waals surface area contributed by atoms with E-state index >= 15 is 0 Å². The fourth-order valence-corrected chi connectivity index (χ4v) is 2.48. The molecule has 0 radical (unpaired) electrons. The Hall–Kier alpha value is -2.96. The van der Waals surface area contributed by atoms with Gasteiger partial charge in [-0.2, -0.15) is 0 Å². The summed E-state index contributed by atoms with van der Waals surface area (Å²) >= 11 is 0. The normalized spacial score (nSPS) is 10.8. The van der Waals surface area contributed by atoms with Gasteiger partial charge >= 0.3 is 5.97 Å². The Balaban J connectivity index is 2.74. The van der Waals surface area contributed by atoms with Gasteiger partial charge in [-0.05, 0) is 18.2 Å². The third kappa shape index (κ3) is 3.60. The van der Waals surface area contributed by atoms with Gasteiger partial charge in [-0.25, -0.2) is 4.79 Å². The number of carbonyl (C=O) groups is 1. The molecule has 0 aliphatic carbocycles. The van der Waals surface area contributed by atoms with Crippen molar-refractivity contribution in [2.45, 2.75) is 13.3 Å². The molecule has 2 aromatic rings. The molecular formula is C18H21NO6. The van der Waals surface area contributed by atoms with E-state index in [0.29, 0.717) is 39.3 Å². The molecule has 0 amide bonds. The Morgan fingerprint density at radius 1 is 0.960 bits per heavy atom. The highest BCUT2D eigenvalue weighted by Crippen LogP contribution is 2.45. The highest BCUT2D eigenvalue weighted by molar-refractivity contribution is 6.06. The maximum Gasteiger partial charge on any atom is 0.334 e. The molecule has 0 aliphatic heterocycles. The SMILES string of the molecule is CCC(=O)ON=Cc1cc(OC)c2c(OC)ccc(OC)c2c1OC. The Bertz CT molecular complexity index is 800. The number of oxime groups is 1. The summed E-state index contributed by atoms with van der Waals surface area (Å²) in [6.07, 6.45) is 1.63. The molecule has 0 heterocycles. The van der Waals surface area contributed by atoms with Crippen molar-refractivity contribution in [1.29, 1.82) is 0 Å². The van der Waals surface area contributed by atoms with Gasteiger partial charge in [0.05, 0.1) is 45.4 Å². The van der Waals surface area contributed by atoms with Crippen molar-refractivity contribution in [3.8, 4) is 23.0 Å². The van der Waals surface area contributed by atoms with Crippen molar-refractivity contribution in [2.24, 2.45) is 5.16 Å². The minimum absolute atomic E-state index is 0.237. The molecule has 7 nitrogen and oxygen atoms in total. The van der Waals surface area contributed by atoms with Gasteiger partial charge in [-0.1, -0.05) is 12.1 Å². The Morgan fingerprint density at radius 2 is 1.56 bits per heavy atom. The smallest absolute Gasteiger partial charge is 0.334 e. The number of fused-ring (bicyclic) bond motifs is 1. The van der Waals surface area contributed by atoms with Gasteiger partial charge < -0.3 is 23.8 Å². The molecule has 0 aliphatic rings. The molecular weight excluding hydrogens is 326 g/mol. The van der Waals surface area contributed by atoms with Crippen molar-refractivity contribution in [3.05, 3.63) is 23.8 Å². The molecule has 2 rings (SSSR count). The van der Waals surface area contributed by atoms with E-state index in [2.05, 4.69) is 5.16 Å². The van der Waals surface area contributed by atoms with Crippen LogP contribution in [0.1, 0.15) is 18.9 Å². The summed E-state index contributed by atoms with van der Waals surface area (Å²) in [6, 6.07) is 5.30. The first-order valence-corrected chi connectivity index (χ1v) is 7.64. The zero-order valence-corrected chi connectivity index (χ0v) is 14.9. The molecule has 0 aromatic heterocycles. The Morgan fingerprint density at radius 3 is 2.08 bits per heavy atom. The fraction of sp³-hybridized carbons (Fsp3) is 0.333. The second-order valence-electron chi connectivity index (χ2n) is 4.97. The molecule has 134 valence electrons. The summed E-state index contributed by atoms with van der Waals surface area (Å²) in [5, 5.41) is 5.10. The van der Waals surface area contributed by atoms with E-state index in [1.807, 2.05) is 0 Å². The van der Waals surface area contributed by atoms with Crippen molar-refractivity contribution < 1.29 is 28.6 Å². The van der Waals surface area contributed by atoms with E-state index in [0.717, 1.165) is 0 Å². The van der Waals surface area contributed by atoms with Gasteiger partial charge in [0.15, 0.2) is 0 Å². The highest BCUT2D eigenvalue weighted by atomic mass is 16.7. The Kier molecular flexibility index (Phi) is 6.05. The van der Waals surface area contributed by atoms with Gasteiger partial charge in [-0.15, -0.1) is 0 Å². The van der Waals surface area contributed by atoms with E-state index in [4.69, 9.17) is 23.8 Å². The van der Waals surface area contributed by atoms with Crippen LogP contribution in [-0.2, 0) is 9.63 Å². The second-order valence-corrected chi connectivity index (χ2v) is 4.97. The van der Waals surface area contributed by atoms with Crippen LogP contribution in [0.4, 0.5) is 0 Å². The zero-order valence-electron chi connectivity index (χ0n) is 14.9. The van der Waals surface area contributed by atoms with Gasteiger partial charge in [0.2, 0.25) is 0 Å². The van der Waals surface area contributed by atoms with E-state index in [-0.39, 0.29) is 6.42 Å². The van der Waals surface area contributed by atoms with E-state index < -0.39 is 5.97 Å². The molecule has 0 atom stereocenters. The van der Waals surface area contributed by atoms with Crippen LogP contribution < -0.4 is 18.9 Å². The van der Waals surface area contributed by atoms with Crippen LogP contribution in [-0.4, -0.2) is 40.6 Å². The van der Waals surface area contributed by atoms with Crippen molar-refractivity contribution in [3.63, 3.8) is 0 Å². The topological polar surface area (TPSA) is 75.6 Å². The number of benzene rings is 2.